The molecule has 0 atom stereocenters. The number of amides is 1. The third-order valence-corrected chi connectivity index (χ3v) is 7.34. The zero-order valence-electron chi connectivity index (χ0n) is 21.6. The molecule has 0 unspecified atom stereocenters. The number of Topliss-reactive ketones (excluding diaryl/α,β-unsaturated/α-hetero) is 1. The second-order valence-electron chi connectivity index (χ2n) is 11.1. The maximum atomic E-state index is 12.8. The predicted molar refractivity (Wildman–Crippen MR) is 142 cm³/mol. The highest BCUT2D eigenvalue weighted by Crippen LogP contribution is 2.43. The van der Waals surface area contributed by atoms with Crippen molar-refractivity contribution in [2.45, 2.75) is 77.4 Å². The first-order chi connectivity index (χ1) is 17.2. The lowest BCUT2D eigenvalue weighted by molar-refractivity contribution is 0.0377. The van der Waals surface area contributed by atoms with Crippen LogP contribution >= 0.6 is 0 Å². The number of alkyl carbamates (subject to hydrolysis) is 1. The summed E-state index contributed by atoms with van der Waals surface area (Å²) in [5.74, 6) is 0.195. The van der Waals surface area contributed by atoms with Crippen LogP contribution < -0.4 is 5.32 Å². The van der Waals surface area contributed by atoms with Crippen molar-refractivity contribution in [3.05, 3.63) is 77.0 Å². The van der Waals surface area contributed by atoms with E-state index in [2.05, 4.69) is 48.6 Å². The Hall–Kier alpha value is -3.47. The van der Waals surface area contributed by atoms with E-state index in [9.17, 15) is 9.59 Å². The van der Waals surface area contributed by atoms with Gasteiger partial charge in [-0.15, -0.1) is 0 Å². The molecule has 1 aromatic heterocycles. The molecule has 0 radical (unpaired) electrons. The molecule has 186 valence electrons. The van der Waals surface area contributed by atoms with E-state index in [1.807, 2.05) is 39.0 Å². The van der Waals surface area contributed by atoms with Gasteiger partial charge in [-0.25, -0.2) is 4.79 Å². The molecule has 1 N–H and O–H groups in total. The number of carbonyl (C=O) groups is 2. The standard InChI is InChI=1S/C31H34N2O3/c1-20-26(21-10-6-5-7-11-21)28(32-24-12-8-13-25(34)27(20)24)22-14-16-23(17-15-22)31(18-9-19-31)33-29(35)36-30(2,3)4/h5-7,10-11,14-17H,8-9,12-13,18-19H2,1-4H3,(H,33,35). The summed E-state index contributed by atoms with van der Waals surface area (Å²) in [5, 5.41) is 3.14. The number of hydrogen-bond acceptors (Lipinski definition) is 4. The maximum Gasteiger partial charge on any atom is 0.408 e. The monoisotopic (exact) mass is 482 g/mol. The third-order valence-electron chi connectivity index (χ3n) is 7.34. The number of aryl methyl sites for hydroxylation is 1. The molecule has 1 fully saturated rings. The van der Waals surface area contributed by atoms with Crippen LogP contribution in [0.3, 0.4) is 0 Å². The first kappa shape index (κ1) is 24.2. The number of fused-ring (bicyclic) bond motifs is 1. The zero-order valence-corrected chi connectivity index (χ0v) is 21.6. The van der Waals surface area contributed by atoms with Crippen molar-refractivity contribution in [1.82, 2.24) is 10.3 Å². The fourth-order valence-electron chi connectivity index (χ4n) is 5.49. The summed E-state index contributed by atoms with van der Waals surface area (Å²) in [6, 6.07) is 18.6. The normalized spacial score (nSPS) is 16.6. The van der Waals surface area contributed by atoms with Gasteiger partial charge in [0.05, 0.1) is 16.9 Å². The maximum absolute atomic E-state index is 12.8. The molecule has 0 bridgehead atoms. The van der Waals surface area contributed by atoms with Crippen LogP contribution in [0.25, 0.3) is 22.4 Å². The van der Waals surface area contributed by atoms with Gasteiger partial charge in [0.2, 0.25) is 0 Å². The number of rotatable bonds is 4. The first-order valence-corrected chi connectivity index (χ1v) is 12.9. The summed E-state index contributed by atoms with van der Waals surface area (Å²) in [5.41, 5.74) is 6.85. The van der Waals surface area contributed by atoms with Crippen LogP contribution in [0, 0.1) is 6.92 Å². The minimum Gasteiger partial charge on any atom is -0.444 e. The molecule has 1 amide bonds. The van der Waals surface area contributed by atoms with E-state index >= 15 is 0 Å². The van der Waals surface area contributed by atoms with Crippen molar-refractivity contribution >= 4 is 11.9 Å². The van der Waals surface area contributed by atoms with E-state index in [1.54, 1.807) is 0 Å². The number of nitrogens with zero attached hydrogens (tertiary/aromatic N) is 1. The van der Waals surface area contributed by atoms with Gasteiger partial charge in [0.1, 0.15) is 5.60 Å². The molecule has 5 rings (SSSR count). The molecule has 2 aromatic carbocycles. The molecular weight excluding hydrogens is 448 g/mol. The van der Waals surface area contributed by atoms with Gasteiger partial charge in [-0.1, -0.05) is 54.6 Å². The van der Waals surface area contributed by atoms with Crippen molar-refractivity contribution in [2.24, 2.45) is 0 Å². The molecule has 0 spiro atoms. The van der Waals surface area contributed by atoms with E-state index in [4.69, 9.17) is 9.72 Å². The Morgan fingerprint density at radius 1 is 0.917 bits per heavy atom. The average molecular weight is 483 g/mol. The highest BCUT2D eigenvalue weighted by atomic mass is 16.6. The number of nitrogens with one attached hydrogen (secondary N) is 1. The van der Waals surface area contributed by atoms with E-state index in [0.717, 1.165) is 76.9 Å². The minimum atomic E-state index is -0.538. The molecule has 0 aliphatic heterocycles. The van der Waals surface area contributed by atoms with E-state index < -0.39 is 11.1 Å². The van der Waals surface area contributed by atoms with Gasteiger partial charge < -0.3 is 10.1 Å². The highest BCUT2D eigenvalue weighted by molar-refractivity contribution is 6.02. The van der Waals surface area contributed by atoms with Crippen LogP contribution in [0.15, 0.2) is 54.6 Å². The van der Waals surface area contributed by atoms with Crippen molar-refractivity contribution in [2.75, 3.05) is 0 Å². The van der Waals surface area contributed by atoms with E-state index in [1.165, 1.54) is 0 Å². The van der Waals surface area contributed by atoms with Gasteiger partial charge >= 0.3 is 6.09 Å². The number of ether oxygens (including phenoxy) is 1. The van der Waals surface area contributed by atoms with Crippen LogP contribution in [0.4, 0.5) is 4.79 Å². The van der Waals surface area contributed by atoms with E-state index in [-0.39, 0.29) is 11.9 Å². The fraction of sp³-hybridized carbons (Fsp3) is 0.387. The summed E-state index contributed by atoms with van der Waals surface area (Å²) >= 11 is 0. The summed E-state index contributed by atoms with van der Waals surface area (Å²) in [6.07, 6.45) is 4.72. The molecule has 2 aliphatic carbocycles. The predicted octanol–water partition coefficient (Wildman–Crippen LogP) is 7.15. The number of ketones is 1. The van der Waals surface area contributed by atoms with Crippen LogP contribution in [0.2, 0.25) is 0 Å². The Morgan fingerprint density at radius 2 is 1.61 bits per heavy atom. The Labute approximate surface area is 213 Å². The molecule has 3 aromatic rings. The van der Waals surface area contributed by atoms with Crippen LogP contribution in [0.5, 0.6) is 0 Å². The Morgan fingerprint density at radius 3 is 2.22 bits per heavy atom. The molecule has 2 aliphatic rings. The number of aromatic nitrogens is 1. The first-order valence-electron chi connectivity index (χ1n) is 12.9. The van der Waals surface area contributed by atoms with Gasteiger partial charge in [-0.3, -0.25) is 9.78 Å². The van der Waals surface area contributed by atoms with Crippen molar-refractivity contribution in [3.63, 3.8) is 0 Å². The number of pyridine rings is 1. The second kappa shape index (κ2) is 9.20. The van der Waals surface area contributed by atoms with Gasteiger partial charge in [-0.2, -0.15) is 0 Å². The van der Waals surface area contributed by atoms with E-state index in [0.29, 0.717) is 6.42 Å². The van der Waals surface area contributed by atoms with Crippen molar-refractivity contribution in [3.8, 4) is 22.4 Å². The van der Waals surface area contributed by atoms with Gasteiger partial charge in [-0.05, 0) is 76.5 Å². The molecule has 1 heterocycles. The van der Waals surface area contributed by atoms with Crippen molar-refractivity contribution in [1.29, 1.82) is 0 Å². The molecule has 0 saturated heterocycles. The lowest BCUT2D eigenvalue weighted by atomic mass is 9.71. The van der Waals surface area contributed by atoms with Gasteiger partial charge in [0, 0.05) is 23.1 Å². The Kier molecular flexibility index (Phi) is 6.19. The number of carbonyl (C=O) groups excluding carboxylic acids is 2. The lowest BCUT2D eigenvalue weighted by Gasteiger charge is -2.43. The quantitative estimate of drug-likeness (QED) is 0.429. The summed E-state index contributed by atoms with van der Waals surface area (Å²) < 4.78 is 5.54. The molecule has 1 saturated carbocycles. The molecule has 36 heavy (non-hydrogen) atoms. The number of hydrogen-bond donors (Lipinski definition) is 1. The fourth-order valence-corrected chi connectivity index (χ4v) is 5.49. The largest absolute Gasteiger partial charge is 0.444 e. The topological polar surface area (TPSA) is 68.3 Å². The second-order valence-corrected chi connectivity index (χ2v) is 11.1. The highest BCUT2D eigenvalue weighted by Gasteiger charge is 2.41. The van der Waals surface area contributed by atoms with Crippen LogP contribution in [0.1, 0.15) is 80.1 Å². The lowest BCUT2D eigenvalue weighted by Crippen LogP contribution is -2.52. The summed E-state index contributed by atoms with van der Waals surface area (Å²) in [6.45, 7) is 7.68. The third kappa shape index (κ3) is 4.55. The number of benzene rings is 2. The SMILES string of the molecule is Cc1c2c(nc(-c3ccc(C4(NC(=O)OC(C)(C)C)CCC4)cc3)c1-c1ccccc1)CCCC2=O. The van der Waals surface area contributed by atoms with Crippen molar-refractivity contribution < 1.29 is 14.3 Å². The summed E-state index contributed by atoms with van der Waals surface area (Å²) in [7, 11) is 0. The Balaban J connectivity index is 1.54. The smallest absolute Gasteiger partial charge is 0.408 e. The molecule has 5 heteroatoms. The zero-order chi connectivity index (χ0) is 25.5. The van der Waals surface area contributed by atoms with Gasteiger partial charge in [0.25, 0.3) is 0 Å². The minimum absolute atomic E-state index is 0.195. The molecule has 5 nitrogen and oxygen atoms in total. The van der Waals surface area contributed by atoms with Gasteiger partial charge in [0.15, 0.2) is 5.78 Å². The van der Waals surface area contributed by atoms with Crippen LogP contribution in [-0.4, -0.2) is 22.5 Å². The Bertz CT molecular complexity index is 1300. The summed E-state index contributed by atoms with van der Waals surface area (Å²) in [4.78, 5) is 30.5. The average Bonchev–Trinajstić information content (AvgIpc) is 2.81. The molecular formula is C31H34N2O3. The van der Waals surface area contributed by atoms with Crippen LogP contribution in [-0.2, 0) is 16.7 Å².